The minimum atomic E-state index is 0.278. The van der Waals surface area contributed by atoms with Crippen LogP contribution in [0.25, 0.3) is 0 Å². The van der Waals surface area contributed by atoms with Gasteiger partial charge >= 0.3 is 0 Å². The molecule has 0 heterocycles. The van der Waals surface area contributed by atoms with E-state index in [-0.39, 0.29) is 6.10 Å². The third-order valence-electron chi connectivity index (χ3n) is 2.62. The van der Waals surface area contributed by atoms with Crippen LogP contribution in [-0.4, -0.2) is 26.3 Å². The Morgan fingerprint density at radius 1 is 1.41 bits per heavy atom. The Hall–Kier alpha value is -0.740. The van der Waals surface area contributed by atoms with Crippen LogP contribution in [0.5, 0.6) is 0 Å². The molecule has 17 heavy (non-hydrogen) atoms. The molecule has 0 radical (unpaired) electrons. The van der Waals surface area contributed by atoms with Gasteiger partial charge in [0.15, 0.2) is 0 Å². The van der Waals surface area contributed by atoms with Gasteiger partial charge in [-0.3, -0.25) is 0 Å². The number of nitrogens with zero attached hydrogens (tertiary/aromatic N) is 1. The van der Waals surface area contributed by atoms with Gasteiger partial charge in [-0.25, -0.2) is 0 Å². The summed E-state index contributed by atoms with van der Waals surface area (Å²) in [4.78, 5) is 2.17. The maximum atomic E-state index is 5.86. The summed E-state index contributed by atoms with van der Waals surface area (Å²) in [7, 11) is 2.05. The highest BCUT2D eigenvalue weighted by atomic mass is 79.9. The van der Waals surface area contributed by atoms with Crippen molar-refractivity contribution in [3.8, 4) is 0 Å². The first-order valence-corrected chi connectivity index (χ1v) is 6.59. The second-order valence-corrected chi connectivity index (χ2v) is 5.36. The molecule has 0 saturated carbocycles. The fourth-order valence-electron chi connectivity index (χ4n) is 1.52. The molecule has 0 amide bonds. The van der Waals surface area contributed by atoms with Gasteiger partial charge in [0.1, 0.15) is 0 Å². The first kappa shape index (κ1) is 14.3. The van der Waals surface area contributed by atoms with Gasteiger partial charge in [0.25, 0.3) is 0 Å². The van der Waals surface area contributed by atoms with Crippen molar-refractivity contribution >= 4 is 27.3 Å². The van der Waals surface area contributed by atoms with Crippen LogP contribution in [-0.2, 0) is 4.74 Å². The molecular weight excluding hydrogens is 280 g/mol. The number of halogens is 1. The van der Waals surface area contributed by atoms with E-state index in [1.165, 1.54) is 0 Å². The second kappa shape index (κ2) is 6.26. The van der Waals surface area contributed by atoms with Gasteiger partial charge in [0.05, 0.1) is 18.4 Å². The molecule has 0 fully saturated rings. The number of hydrogen-bond donors (Lipinski definition) is 1. The Labute approximate surface area is 112 Å². The van der Waals surface area contributed by atoms with Crippen LogP contribution < -0.4 is 10.6 Å². The quantitative estimate of drug-likeness (QED) is 0.849. The highest BCUT2D eigenvalue weighted by molar-refractivity contribution is 9.10. The van der Waals surface area contributed by atoms with Gasteiger partial charge in [-0.1, -0.05) is 0 Å². The van der Waals surface area contributed by atoms with E-state index in [1.54, 1.807) is 0 Å². The molecule has 0 spiro atoms. The van der Waals surface area contributed by atoms with Crippen molar-refractivity contribution in [1.29, 1.82) is 0 Å². The van der Waals surface area contributed by atoms with Crippen molar-refractivity contribution in [2.45, 2.75) is 26.9 Å². The SMILES string of the molecule is Cc1cc(N(C)CCOC(C)C)c(Br)cc1N. The Bertz CT molecular complexity index is 380. The standard InChI is InChI=1S/C13H21BrN2O/c1-9(2)17-6-5-16(4)13-7-10(3)12(15)8-11(13)14/h7-9H,5-6,15H2,1-4H3. The molecule has 96 valence electrons. The number of rotatable bonds is 5. The molecule has 1 aromatic carbocycles. The van der Waals surface area contributed by atoms with Crippen LogP contribution in [0.1, 0.15) is 19.4 Å². The van der Waals surface area contributed by atoms with Crippen LogP contribution in [0.2, 0.25) is 0 Å². The van der Waals surface area contributed by atoms with E-state index in [4.69, 9.17) is 10.5 Å². The average molecular weight is 301 g/mol. The minimum Gasteiger partial charge on any atom is -0.398 e. The van der Waals surface area contributed by atoms with Crippen LogP contribution in [0.15, 0.2) is 16.6 Å². The lowest BCUT2D eigenvalue weighted by molar-refractivity contribution is 0.0846. The minimum absolute atomic E-state index is 0.278. The Morgan fingerprint density at radius 2 is 2.06 bits per heavy atom. The topological polar surface area (TPSA) is 38.5 Å². The lowest BCUT2D eigenvalue weighted by Crippen LogP contribution is -2.24. The summed E-state index contributed by atoms with van der Waals surface area (Å²) in [6.45, 7) is 7.69. The molecule has 0 aromatic heterocycles. The number of likely N-dealkylation sites (N-methyl/N-ethyl adjacent to an activating group) is 1. The molecule has 0 bridgehead atoms. The molecule has 0 aliphatic rings. The molecule has 2 N–H and O–H groups in total. The Kier molecular flexibility index (Phi) is 5.28. The summed E-state index contributed by atoms with van der Waals surface area (Å²) in [6.07, 6.45) is 0.278. The fourth-order valence-corrected chi connectivity index (χ4v) is 2.18. The summed E-state index contributed by atoms with van der Waals surface area (Å²) < 4.78 is 6.57. The largest absolute Gasteiger partial charge is 0.398 e. The predicted molar refractivity (Wildman–Crippen MR) is 77.6 cm³/mol. The first-order valence-electron chi connectivity index (χ1n) is 5.80. The van der Waals surface area contributed by atoms with E-state index in [2.05, 4.69) is 33.9 Å². The van der Waals surface area contributed by atoms with Crippen molar-refractivity contribution in [2.24, 2.45) is 0 Å². The van der Waals surface area contributed by atoms with Crippen molar-refractivity contribution in [2.75, 3.05) is 30.8 Å². The monoisotopic (exact) mass is 300 g/mol. The van der Waals surface area contributed by atoms with Crippen molar-refractivity contribution in [3.05, 3.63) is 22.2 Å². The molecule has 0 unspecified atom stereocenters. The van der Waals surface area contributed by atoms with E-state index in [0.29, 0.717) is 0 Å². The van der Waals surface area contributed by atoms with Gasteiger partial charge in [-0.05, 0) is 54.4 Å². The normalized spacial score (nSPS) is 10.9. The number of benzene rings is 1. The average Bonchev–Trinajstić information content (AvgIpc) is 2.22. The van der Waals surface area contributed by atoms with Crippen LogP contribution in [0.4, 0.5) is 11.4 Å². The molecule has 0 saturated heterocycles. The zero-order chi connectivity index (χ0) is 13.0. The number of nitrogen functional groups attached to an aromatic ring is 1. The summed E-state index contributed by atoms with van der Waals surface area (Å²) in [5.41, 5.74) is 8.91. The number of ether oxygens (including phenoxy) is 1. The van der Waals surface area contributed by atoms with E-state index < -0.39 is 0 Å². The Balaban J connectivity index is 2.68. The molecule has 0 aliphatic carbocycles. The maximum Gasteiger partial charge on any atom is 0.0644 e. The van der Waals surface area contributed by atoms with Gasteiger partial charge < -0.3 is 15.4 Å². The summed E-state index contributed by atoms with van der Waals surface area (Å²) in [5, 5.41) is 0. The van der Waals surface area contributed by atoms with E-state index >= 15 is 0 Å². The zero-order valence-corrected chi connectivity index (χ0v) is 12.5. The maximum absolute atomic E-state index is 5.86. The van der Waals surface area contributed by atoms with E-state index in [9.17, 15) is 0 Å². The molecule has 0 atom stereocenters. The number of anilines is 2. The highest BCUT2D eigenvalue weighted by Crippen LogP contribution is 2.30. The third kappa shape index (κ3) is 4.21. The van der Waals surface area contributed by atoms with E-state index in [0.717, 1.165) is 34.6 Å². The lowest BCUT2D eigenvalue weighted by Gasteiger charge is -2.22. The molecule has 1 aromatic rings. The number of hydrogen-bond acceptors (Lipinski definition) is 3. The molecule has 3 nitrogen and oxygen atoms in total. The van der Waals surface area contributed by atoms with Crippen LogP contribution in [0, 0.1) is 6.92 Å². The van der Waals surface area contributed by atoms with Crippen molar-refractivity contribution in [3.63, 3.8) is 0 Å². The molecule has 0 aliphatic heterocycles. The predicted octanol–water partition coefficient (Wildman–Crippen LogP) is 3.20. The summed E-state index contributed by atoms with van der Waals surface area (Å²) >= 11 is 3.54. The summed E-state index contributed by atoms with van der Waals surface area (Å²) in [6, 6.07) is 4.04. The van der Waals surface area contributed by atoms with Crippen molar-refractivity contribution < 1.29 is 4.74 Å². The molecule has 1 rings (SSSR count). The number of nitrogens with two attached hydrogens (primary N) is 1. The summed E-state index contributed by atoms with van der Waals surface area (Å²) in [5.74, 6) is 0. The van der Waals surface area contributed by atoms with Crippen LogP contribution >= 0.6 is 15.9 Å². The van der Waals surface area contributed by atoms with Crippen LogP contribution in [0.3, 0.4) is 0 Å². The fraction of sp³-hybridized carbons (Fsp3) is 0.538. The molecular formula is C13H21BrN2O. The van der Waals surface area contributed by atoms with Gasteiger partial charge in [-0.15, -0.1) is 0 Å². The smallest absolute Gasteiger partial charge is 0.0644 e. The number of aryl methyl sites for hydroxylation is 1. The second-order valence-electron chi connectivity index (χ2n) is 4.50. The zero-order valence-electron chi connectivity index (χ0n) is 11.0. The van der Waals surface area contributed by atoms with Crippen molar-refractivity contribution in [1.82, 2.24) is 0 Å². The third-order valence-corrected chi connectivity index (χ3v) is 3.26. The highest BCUT2D eigenvalue weighted by Gasteiger charge is 2.08. The van der Waals surface area contributed by atoms with E-state index in [1.807, 2.05) is 26.8 Å². The van der Waals surface area contributed by atoms with Gasteiger partial charge in [-0.2, -0.15) is 0 Å². The molecule has 4 heteroatoms. The Morgan fingerprint density at radius 3 is 2.65 bits per heavy atom. The lowest BCUT2D eigenvalue weighted by atomic mass is 10.1. The van der Waals surface area contributed by atoms with Gasteiger partial charge in [0, 0.05) is 23.8 Å². The first-order chi connectivity index (χ1) is 7.91. The van der Waals surface area contributed by atoms with Gasteiger partial charge in [0.2, 0.25) is 0 Å².